The second kappa shape index (κ2) is 7.97. The van der Waals surface area contributed by atoms with Crippen molar-refractivity contribution in [2.45, 2.75) is 37.9 Å². The average molecular weight is 387 g/mol. The molecule has 1 aliphatic rings. The van der Waals surface area contributed by atoms with E-state index in [2.05, 4.69) is 20.5 Å². The molecule has 1 aromatic carbocycles. The molecule has 9 heteroatoms. The number of methoxy groups -OCH3 is 1. The normalized spacial score (nSPS) is 24.8. The number of aromatic nitrogens is 3. The molecule has 0 bridgehead atoms. The van der Waals surface area contributed by atoms with Gasteiger partial charge in [0.05, 0.1) is 19.6 Å². The van der Waals surface area contributed by atoms with Crippen LogP contribution in [-0.2, 0) is 16.1 Å². The fraction of sp³-hybridized carbons (Fsp3) is 0.474. The summed E-state index contributed by atoms with van der Waals surface area (Å²) in [6, 6.07) is 7.03. The van der Waals surface area contributed by atoms with Crippen LogP contribution in [0.15, 0.2) is 30.6 Å². The van der Waals surface area contributed by atoms with Crippen molar-refractivity contribution in [1.29, 1.82) is 0 Å². The molecule has 2 heterocycles. The van der Waals surface area contributed by atoms with Gasteiger partial charge in [0.25, 0.3) is 0 Å². The number of rotatable bonds is 7. The first kappa shape index (κ1) is 19.8. The lowest BCUT2D eigenvalue weighted by molar-refractivity contribution is -0.150. The summed E-state index contributed by atoms with van der Waals surface area (Å²) < 4.78 is 5.21. The number of carbonyl (C=O) groups is 2. The molecule has 1 amide bonds. The van der Waals surface area contributed by atoms with E-state index in [0.29, 0.717) is 18.0 Å². The molecule has 150 valence electrons. The second-order valence-electron chi connectivity index (χ2n) is 6.98. The van der Waals surface area contributed by atoms with Gasteiger partial charge in [0, 0.05) is 6.04 Å². The van der Waals surface area contributed by atoms with Crippen molar-refractivity contribution >= 4 is 11.9 Å². The highest BCUT2D eigenvalue weighted by Crippen LogP contribution is 2.47. The summed E-state index contributed by atoms with van der Waals surface area (Å²) in [6.07, 6.45) is 2.00. The molecule has 0 saturated carbocycles. The Morgan fingerprint density at radius 3 is 2.64 bits per heavy atom. The largest absolute Gasteiger partial charge is 0.497 e. The third-order valence-electron chi connectivity index (χ3n) is 5.70. The zero-order chi connectivity index (χ0) is 20.3. The van der Waals surface area contributed by atoms with E-state index in [9.17, 15) is 14.7 Å². The van der Waals surface area contributed by atoms with E-state index >= 15 is 0 Å². The number of carboxylic acids is 1. The first-order valence-corrected chi connectivity index (χ1v) is 9.15. The maximum Gasteiger partial charge on any atom is 0.324 e. The Bertz CT molecular complexity index is 823. The number of aliphatic carboxylic acids is 1. The predicted molar refractivity (Wildman–Crippen MR) is 100 cm³/mol. The van der Waals surface area contributed by atoms with Crippen LogP contribution in [0, 0.1) is 5.92 Å². The molecule has 3 N–H and O–H groups in total. The van der Waals surface area contributed by atoms with Crippen molar-refractivity contribution in [3.8, 4) is 5.75 Å². The minimum atomic E-state index is -1.10. The fourth-order valence-electron chi connectivity index (χ4n) is 4.05. The fourth-order valence-corrected chi connectivity index (χ4v) is 4.05. The van der Waals surface area contributed by atoms with E-state index in [1.54, 1.807) is 14.2 Å². The number of H-pyrrole nitrogens is 1. The first-order valence-electron chi connectivity index (χ1n) is 9.15. The van der Waals surface area contributed by atoms with Crippen LogP contribution < -0.4 is 10.1 Å². The van der Waals surface area contributed by atoms with Gasteiger partial charge in [-0.3, -0.25) is 19.6 Å². The number of carbonyl (C=O) groups excluding carboxylic acids is 1. The van der Waals surface area contributed by atoms with Crippen LogP contribution in [-0.4, -0.2) is 56.8 Å². The molecule has 0 aliphatic carbocycles. The summed E-state index contributed by atoms with van der Waals surface area (Å²) in [4.78, 5) is 31.0. The van der Waals surface area contributed by atoms with Crippen LogP contribution in [0.1, 0.15) is 37.2 Å². The third-order valence-corrected chi connectivity index (χ3v) is 5.70. The van der Waals surface area contributed by atoms with Gasteiger partial charge in [0.1, 0.15) is 23.4 Å². The minimum Gasteiger partial charge on any atom is -0.497 e. The number of hydrogen-bond donors (Lipinski definition) is 3. The summed E-state index contributed by atoms with van der Waals surface area (Å²) in [5.41, 5.74) is -0.224. The molecule has 0 spiro atoms. The van der Waals surface area contributed by atoms with E-state index in [0.717, 1.165) is 5.56 Å². The summed E-state index contributed by atoms with van der Waals surface area (Å²) in [7, 11) is 3.36. The van der Waals surface area contributed by atoms with Crippen LogP contribution >= 0.6 is 0 Å². The van der Waals surface area contributed by atoms with Crippen LogP contribution in [0.3, 0.4) is 0 Å². The van der Waals surface area contributed by atoms with Crippen molar-refractivity contribution in [3.05, 3.63) is 42.0 Å². The van der Waals surface area contributed by atoms with Gasteiger partial charge in [-0.05, 0) is 37.6 Å². The van der Waals surface area contributed by atoms with Gasteiger partial charge in [-0.15, -0.1) is 0 Å². The Balaban J connectivity index is 1.90. The number of nitrogens with zero attached hydrogens (tertiary/aromatic N) is 3. The number of amides is 1. The molecule has 1 fully saturated rings. The smallest absolute Gasteiger partial charge is 0.324 e. The van der Waals surface area contributed by atoms with Crippen molar-refractivity contribution < 1.29 is 19.4 Å². The van der Waals surface area contributed by atoms with E-state index in [1.165, 1.54) is 6.33 Å². The van der Waals surface area contributed by atoms with Gasteiger partial charge in [-0.2, -0.15) is 5.10 Å². The SMILES string of the molecule is CC[C@@]1(C(=O)O)C[C@H](C(=O)NCc2ncn[nH]2)[C@H](c2ccc(OC)cc2)N1C. The lowest BCUT2D eigenvalue weighted by atomic mass is 9.87. The molecule has 1 aliphatic heterocycles. The summed E-state index contributed by atoms with van der Waals surface area (Å²) in [5, 5.41) is 19.3. The van der Waals surface area contributed by atoms with Gasteiger partial charge in [0.2, 0.25) is 5.91 Å². The van der Waals surface area contributed by atoms with Crippen molar-refractivity contribution in [3.63, 3.8) is 0 Å². The molecule has 1 saturated heterocycles. The zero-order valence-electron chi connectivity index (χ0n) is 16.2. The highest BCUT2D eigenvalue weighted by Gasteiger charge is 2.56. The topological polar surface area (TPSA) is 120 Å². The molecule has 28 heavy (non-hydrogen) atoms. The van der Waals surface area contributed by atoms with Gasteiger partial charge in [0.15, 0.2) is 0 Å². The van der Waals surface area contributed by atoms with Crippen molar-refractivity contribution in [2.75, 3.05) is 14.2 Å². The molecule has 3 rings (SSSR count). The zero-order valence-corrected chi connectivity index (χ0v) is 16.2. The number of benzene rings is 1. The van der Waals surface area contributed by atoms with E-state index < -0.39 is 17.4 Å². The van der Waals surface area contributed by atoms with Gasteiger partial charge < -0.3 is 15.2 Å². The first-order chi connectivity index (χ1) is 13.4. The molecule has 2 aromatic rings. The molecule has 3 atom stereocenters. The maximum atomic E-state index is 13.0. The Hall–Kier alpha value is -2.94. The number of likely N-dealkylation sites (N-methyl/N-ethyl adjacent to an activating group) is 1. The number of hydrogen-bond acceptors (Lipinski definition) is 6. The maximum absolute atomic E-state index is 13.0. The molecular weight excluding hydrogens is 362 g/mol. The number of nitrogens with one attached hydrogen (secondary N) is 2. The van der Waals surface area contributed by atoms with Gasteiger partial charge in [-0.25, -0.2) is 4.98 Å². The Morgan fingerprint density at radius 1 is 1.39 bits per heavy atom. The van der Waals surface area contributed by atoms with Crippen molar-refractivity contribution in [1.82, 2.24) is 25.4 Å². The Morgan fingerprint density at radius 2 is 2.11 bits per heavy atom. The standard InChI is InChI=1S/C19H25N5O4/c1-4-19(18(26)27)9-14(17(25)20-10-15-21-11-22-23-15)16(24(19)2)12-5-7-13(28-3)8-6-12/h5-8,11,14,16H,4,9-10H2,1-3H3,(H,20,25)(H,26,27)(H,21,22,23)/t14-,16-,19-/m0/s1. The quantitative estimate of drug-likeness (QED) is 0.656. The van der Waals surface area contributed by atoms with Crippen LogP contribution in [0.2, 0.25) is 0 Å². The van der Waals surface area contributed by atoms with Gasteiger partial charge >= 0.3 is 5.97 Å². The third kappa shape index (κ3) is 3.45. The highest BCUT2D eigenvalue weighted by molar-refractivity contribution is 5.85. The van der Waals surface area contributed by atoms with E-state index in [4.69, 9.17) is 4.74 Å². The molecule has 1 aromatic heterocycles. The summed E-state index contributed by atoms with van der Waals surface area (Å²) in [6.45, 7) is 2.05. The van der Waals surface area contributed by atoms with Crippen molar-refractivity contribution in [2.24, 2.45) is 5.92 Å². The number of likely N-dealkylation sites (tertiary alicyclic amines) is 1. The number of aromatic amines is 1. The summed E-state index contributed by atoms with van der Waals surface area (Å²) >= 11 is 0. The van der Waals surface area contributed by atoms with Crippen LogP contribution in [0.25, 0.3) is 0 Å². The molecule has 0 unspecified atom stereocenters. The molecule has 0 radical (unpaired) electrons. The predicted octanol–water partition coefficient (Wildman–Crippen LogP) is 1.36. The van der Waals surface area contributed by atoms with E-state index in [1.807, 2.05) is 36.1 Å². The highest BCUT2D eigenvalue weighted by atomic mass is 16.5. The Kier molecular flexibility index (Phi) is 5.64. The van der Waals surface area contributed by atoms with E-state index in [-0.39, 0.29) is 24.9 Å². The number of ether oxygens (including phenoxy) is 1. The lowest BCUT2D eigenvalue weighted by Crippen LogP contribution is -2.48. The van der Waals surface area contributed by atoms with Crippen LogP contribution in [0.4, 0.5) is 0 Å². The molecule has 9 nitrogen and oxygen atoms in total. The van der Waals surface area contributed by atoms with Crippen LogP contribution in [0.5, 0.6) is 5.75 Å². The lowest BCUT2D eigenvalue weighted by Gasteiger charge is -2.34. The minimum absolute atomic E-state index is 0.208. The summed E-state index contributed by atoms with van der Waals surface area (Å²) in [5.74, 6) is -0.393. The van der Waals surface area contributed by atoms with Gasteiger partial charge in [-0.1, -0.05) is 19.1 Å². The molecular formula is C19H25N5O4. The second-order valence-corrected chi connectivity index (χ2v) is 6.98. The monoisotopic (exact) mass is 387 g/mol. The average Bonchev–Trinajstić information content (AvgIpc) is 3.32. The number of carboxylic acid groups (broad SMARTS) is 1. The Labute approximate surface area is 163 Å².